The number of likely N-dealkylation sites (tertiary alicyclic amines) is 1. The standard InChI is InChI=1S/C19H24N4O2/c1-22-7-3-5-17(22)19(24)21-9-15-13-25-18-12-23(11-16(15)18)10-14-4-2-6-20-8-14/h2-8,15-16,18H,9-13H2,1H3,(H,21,24)/t15-,16+,18+/m1/s1. The molecule has 1 N–H and O–H groups in total. The lowest BCUT2D eigenvalue weighted by Crippen LogP contribution is -2.34. The Bertz CT molecular complexity index is 730. The van der Waals surface area contributed by atoms with Gasteiger partial charge in [-0.15, -0.1) is 0 Å². The minimum absolute atomic E-state index is 0.0128. The van der Waals surface area contributed by atoms with Crippen LogP contribution >= 0.6 is 0 Å². The Morgan fingerprint density at radius 2 is 2.28 bits per heavy atom. The Labute approximate surface area is 147 Å². The number of nitrogens with one attached hydrogen (secondary N) is 1. The van der Waals surface area contributed by atoms with Crippen LogP contribution in [0.1, 0.15) is 16.1 Å². The lowest BCUT2D eigenvalue weighted by atomic mass is 9.93. The minimum atomic E-state index is -0.0128. The first-order valence-electron chi connectivity index (χ1n) is 8.83. The van der Waals surface area contributed by atoms with Crippen LogP contribution in [0.5, 0.6) is 0 Å². The van der Waals surface area contributed by atoms with Gasteiger partial charge in [-0.05, 0) is 23.8 Å². The van der Waals surface area contributed by atoms with Crippen LogP contribution in [0.3, 0.4) is 0 Å². The van der Waals surface area contributed by atoms with Crippen LogP contribution < -0.4 is 5.32 Å². The first kappa shape index (κ1) is 16.3. The van der Waals surface area contributed by atoms with Gasteiger partial charge in [0.25, 0.3) is 5.91 Å². The molecule has 2 saturated heterocycles. The number of amides is 1. The van der Waals surface area contributed by atoms with Crippen LogP contribution in [0.15, 0.2) is 42.9 Å². The van der Waals surface area contributed by atoms with E-state index < -0.39 is 0 Å². The van der Waals surface area contributed by atoms with E-state index in [0.29, 0.717) is 24.1 Å². The molecule has 2 aromatic rings. The molecule has 0 unspecified atom stereocenters. The zero-order chi connectivity index (χ0) is 17.2. The molecule has 2 aliphatic rings. The second-order valence-corrected chi connectivity index (χ2v) is 7.07. The van der Waals surface area contributed by atoms with E-state index in [1.165, 1.54) is 5.56 Å². The predicted octanol–water partition coefficient (Wildman–Crippen LogP) is 1.30. The number of nitrogens with zero attached hydrogens (tertiary/aromatic N) is 3. The van der Waals surface area contributed by atoms with Crippen LogP contribution in [0.25, 0.3) is 0 Å². The van der Waals surface area contributed by atoms with Gasteiger partial charge < -0.3 is 14.6 Å². The van der Waals surface area contributed by atoms with Crippen LogP contribution in [-0.2, 0) is 18.3 Å². The summed E-state index contributed by atoms with van der Waals surface area (Å²) in [5.74, 6) is 0.861. The smallest absolute Gasteiger partial charge is 0.267 e. The molecular weight excluding hydrogens is 316 g/mol. The topological polar surface area (TPSA) is 59.4 Å². The van der Waals surface area contributed by atoms with E-state index in [2.05, 4.69) is 21.3 Å². The normalized spacial score (nSPS) is 25.9. The SMILES string of the molecule is Cn1cccc1C(=O)NC[C@@H]1CO[C@H]2CN(Cc3cccnc3)C[C@@H]12. The summed E-state index contributed by atoms with van der Waals surface area (Å²) in [5.41, 5.74) is 1.93. The Hall–Kier alpha value is -2.18. The molecule has 4 heterocycles. The van der Waals surface area contributed by atoms with Crippen molar-refractivity contribution in [3.05, 3.63) is 54.1 Å². The molecule has 0 aliphatic carbocycles. The van der Waals surface area contributed by atoms with Crippen molar-refractivity contribution in [1.82, 2.24) is 19.8 Å². The molecule has 1 amide bonds. The van der Waals surface area contributed by atoms with Gasteiger partial charge in [-0.1, -0.05) is 6.07 Å². The van der Waals surface area contributed by atoms with E-state index in [0.717, 1.165) is 26.2 Å². The Morgan fingerprint density at radius 1 is 1.36 bits per heavy atom. The van der Waals surface area contributed by atoms with Gasteiger partial charge in [0.1, 0.15) is 5.69 Å². The zero-order valence-electron chi connectivity index (χ0n) is 14.5. The van der Waals surface area contributed by atoms with E-state index in [1.807, 2.05) is 42.2 Å². The third-order valence-corrected chi connectivity index (χ3v) is 5.34. The first-order chi connectivity index (χ1) is 12.2. The molecule has 0 aromatic carbocycles. The van der Waals surface area contributed by atoms with Gasteiger partial charge in [-0.25, -0.2) is 0 Å². The van der Waals surface area contributed by atoms with E-state index in [-0.39, 0.29) is 12.0 Å². The molecule has 2 fully saturated rings. The van der Waals surface area contributed by atoms with Crippen LogP contribution in [0, 0.1) is 11.8 Å². The maximum atomic E-state index is 12.3. The fourth-order valence-electron chi connectivity index (χ4n) is 3.98. The summed E-state index contributed by atoms with van der Waals surface area (Å²) in [6.45, 7) is 4.30. The predicted molar refractivity (Wildman–Crippen MR) is 94.0 cm³/mol. The maximum Gasteiger partial charge on any atom is 0.267 e. The Morgan fingerprint density at radius 3 is 3.04 bits per heavy atom. The van der Waals surface area contributed by atoms with Gasteiger partial charge in [0.15, 0.2) is 0 Å². The quantitative estimate of drug-likeness (QED) is 0.891. The van der Waals surface area contributed by atoms with E-state index in [4.69, 9.17) is 4.74 Å². The molecule has 4 rings (SSSR count). The van der Waals surface area contributed by atoms with Gasteiger partial charge in [-0.3, -0.25) is 14.7 Å². The fraction of sp³-hybridized carbons (Fsp3) is 0.474. The summed E-state index contributed by atoms with van der Waals surface area (Å²) in [4.78, 5) is 18.9. The number of carbonyl (C=O) groups excluding carboxylic acids is 1. The van der Waals surface area contributed by atoms with Gasteiger partial charge in [-0.2, -0.15) is 0 Å². The van der Waals surface area contributed by atoms with Crippen molar-refractivity contribution in [3.63, 3.8) is 0 Å². The summed E-state index contributed by atoms with van der Waals surface area (Å²) < 4.78 is 7.83. The number of ether oxygens (including phenoxy) is 1. The third kappa shape index (κ3) is 3.45. The average molecular weight is 340 g/mol. The lowest BCUT2D eigenvalue weighted by Gasteiger charge is -2.20. The summed E-state index contributed by atoms with van der Waals surface area (Å²) in [6, 6.07) is 7.82. The summed E-state index contributed by atoms with van der Waals surface area (Å²) in [7, 11) is 1.89. The van der Waals surface area contributed by atoms with Crippen LogP contribution in [0.2, 0.25) is 0 Å². The number of rotatable bonds is 5. The molecule has 25 heavy (non-hydrogen) atoms. The summed E-state index contributed by atoms with van der Waals surface area (Å²) in [6.07, 6.45) is 5.90. The van der Waals surface area contributed by atoms with E-state index in [9.17, 15) is 4.79 Å². The molecule has 132 valence electrons. The van der Waals surface area contributed by atoms with Crippen molar-refractivity contribution < 1.29 is 9.53 Å². The molecule has 6 nitrogen and oxygen atoms in total. The maximum absolute atomic E-state index is 12.3. The Balaban J connectivity index is 1.31. The van der Waals surface area contributed by atoms with Gasteiger partial charge in [0, 0.05) is 63.7 Å². The number of fused-ring (bicyclic) bond motifs is 1. The first-order valence-corrected chi connectivity index (χ1v) is 8.83. The molecule has 2 aliphatic heterocycles. The molecule has 0 radical (unpaired) electrons. The number of hydrogen-bond acceptors (Lipinski definition) is 4. The van der Waals surface area contributed by atoms with Crippen molar-refractivity contribution in [2.24, 2.45) is 18.9 Å². The highest BCUT2D eigenvalue weighted by Crippen LogP contribution is 2.34. The van der Waals surface area contributed by atoms with Gasteiger partial charge >= 0.3 is 0 Å². The van der Waals surface area contributed by atoms with Crippen molar-refractivity contribution >= 4 is 5.91 Å². The van der Waals surface area contributed by atoms with Crippen molar-refractivity contribution in [1.29, 1.82) is 0 Å². The highest BCUT2D eigenvalue weighted by Gasteiger charge is 2.43. The lowest BCUT2D eigenvalue weighted by molar-refractivity contribution is 0.0899. The average Bonchev–Trinajstić information content (AvgIpc) is 3.30. The molecular formula is C19H24N4O2. The number of aromatic nitrogens is 2. The second kappa shape index (κ2) is 6.98. The number of hydrogen-bond donors (Lipinski definition) is 1. The molecule has 0 bridgehead atoms. The largest absolute Gasteiger partial charge is 0.376 e. The monoisotopic (exact) mass is 340 g/mol. The summed E-state index contributed by atoms with van der Waals surface area (Å²) in [5, 5.41) is 3.08. The van der Waals surface area contributed by atoms with E-state index in [1.54, 1.807) is 6.20 Å². The van der Waals surface area contributed by atoms with Crippen molar-refractivity contribution in [2.75, 3.05) is 26.2 Å². The fourth-order valence-corrected chi connectivity index (χ4v) is 3.98. The second-order valence-electron chi connectivity index (χ2n) is 7.07. The van der Waals surface area contributed by atoms with Crippen molar-refractivity contribution in [2.45, 2.75) is 12.6 Å². The molecule has 0 saturated carbocycles. The minimum Gasteiger partial charge on any atom is -0.376 e. The molecule has 6 heteroatoms. The van der Waals surface area contributed by atoms with Crippen molar-refractivity contribution in [3.8, 4) is 0 Å². The number of aryl methyl sites for hydroxylation is 1. The number of pyridine rings is 1. The van der Waals surface area contributed by atoms with Gasteiger partial charge in [0.2, 0.25) is 0 Å². The summed E-state index contributed by atoms with van der Waals surface area (Å²) >= 11 is 0. The van der Waals surface area contributed by atoms with Gasteiger partial charge in [0.05, 0.1) is 12.7 Å². The number of carbonyl (C=O) groups is 1. The highest BCUT2D eigenvalue weighted by molar-refractivity contribution is 5.92. The zero-order valence-corrected chi connectivity index (χ0v) is 14.5. The van der Waals surface area contributed by atoms with Crippen LogP contribution in [-0.4, -0.2) is 52.7 Å². The Kier molecular flexibility index (Phi) is 4.55. The molecule has 2 aromatic heterocycles. The van der Waals surface area contributed by atoms with Crippen LogP contribution in [0.4, 0.5) is 0 Å². The highest BCUT2D eigenvalue weighted by atomic mass is 16.5. The molecule has 3 atom stereocenters. The third-order valence-electron chi connectivity index (χ3n) is 5.34. The van der Waals surface area contributed by atoms with E-state index >= 15 is 0 Å². The molecule has 0 spiro atoms.